The quantitative estimate of drug-likeness (QED) is 0.678. The first-order valence-corrected chi connectivity index (χ1v) is 6.37. The average molecular weight is 263 g/mol. The van der Waals surface area contributed by atoms with Gasteiger partial charge >= 0.3 is 0 Å². The maximum Gasteiger partial charge on any atom is 0.152 e. The van der Waals surface area contributed by atoms with Gasteiger partial charge in [0, 0.05) is 27.9 Å². The molecule has 0 aliphatic heterocycles. The van der Waals surface area contributed by atoms with Crippen LogP contribution in [0.15, 0.2) is 48.5 Å². The molecule has 3 nitrogen and oxygen atoms in total. The number of benzene rings is 2. The Hall–Kier alpha value is -2.68. The molecule has 3 rings (SSSR count). The first kappa shape index (κ1) is 12.4. The molecule has 0 aliphatic carbocycles. The highest BCUT2D eigenvalue weighted by molar-refractivity contribution is 6.00. The van der Waals surface area contributed by atoms with Crippen molar-refractivity contribution in [3.05, 3.63) is 65.4 Å². The molecular formula is C17H13NO2. The Morgan fingerprint density at radius 3 is 2.25 bits per heavy atom. The van der Waals surface area contributed by atoms with Gasteiger partial charge in [0.15, 0.2) is 6.29 Å². The lowest BCUT2D eigenvalue weighted by Gasteiger charge is -2.08. The molecule has 0 aliphatic rings. The molecule has 0 saturated heterocycles. The van der Waals surface area contributed by atoms with Crippen molar-refractivity contribution in [2.24, 2.45) is 0 Å². The predicted molar refractivity (Wildman–Crippen MR) is 78.8 cm³/mol. The van der Waals surface area contributed by atoms with E-state index in [-0.39, 0.29) is 0 Å². The number of para-hydroxylation sites is 1. The number of fused-ring (bicyclic) bond motifs is 1. The van der Waals surface area contributed by atoms with E-state index in [4.69, 9.17) is 0 Å². The molecule has 0 unspecified atom stereocenters. The van der Waals surface area contributed by atoms with Crippen molar-refractivity contribution < 1.29 is 9.59 Å². The van der Waals surface area contributed by atoms with E-state index in [1.165, 1.54) is 0 Å². The minimum absolute atomic E-state index is 0.637. The monoisotopic (exact) mass is 263 g/mol. The van der Waals surface area contributed by atoms with Crippen molar-refractivity contribution in [3.63, 3.8) is 0 Å². The molecule has 20 heavy (non-hydrogen) atoms. The number of hydrogen-bond acceptors (Lipinski definition) is 2. The number of aldehydes is 2. The van der Waals surface area contributed by atoms with Gasteiger partial charge in [-0.3, -0.25) is 9.59 Å². The second-order valence-electron chi connectivity index (χ2n) is 4.68. The summed E-state index contributed by atoms with van der Waals surface area (Å²) < 4.78 is 2.04. The molecule has 1 aromatic heterocycles. The van der Waals surface area contributed by atoms with Crippen molar-refractivity contribution in [2.75, 3.05) is 0 Å². The van der Waals surface area contributed by atoms with E-state index in [1.807, 2.05) is 47.9 Å². The zero-order valence-corrected chi connectivity index (χ0v) is 11.0. The van der Waals surface area contributed by atoms with Gasteiger partial charge in [-0.1, -0.05) is 18.2 Å². The lowest BCUT2D eigenvalue weighted by molar-refractivity contribution is 0.111. The lowest BCUT2D eigenvalue weighted by atomic mass is 10.1. The lowest BCUT2D eigenvalue weighted by Crippen LogP contribution is -1.97. The van der Waals surface area contributed by atoms with Crippen LogP contribution in [0.25, 0.3) is 16.6 Å². The molecule has 2 aromatic carbocycles. The van der Waals surface area contributed by atoms with Crippen LogP contribution >= 0.6 is 0 Å². The van der Waals surface area contributed by atoms with Crippen LogP contribution in [0.5, 0.6) is 0 Å². The van der Waals surface area contributed by atoms with E-state index in [1.54, 1.807) is 12.1 Å². The minimum Gasteiger partial charge on any atom is -0.313 e. The van der Waals surface area contributed by atoms with Gasteiger partial charge in [0.2, 0.25) is 0 Å². The second-order valence-corrected chi connectivity index (χ2v) is 4.68. The fourth-order valence-electron chi connectivity index (χ4n) is 2.58. The summed E-state index contributed by atoms with van der Waals surface area (Å²) in [6.07, 6.45) is 1.72. The van der Waals surface area contributed by atoms with E-state index in [0.717, 1.165) is 34.9 Å². The topological polar surface area (TPSA) is 39.1 Å². The van der Waals surface area contributed by atoms with E-state index in [9.17, 15) is 9.59 Å². The number of carbonyl (C=O) groups is 2. The first-order chi connectivity index (χ1) is 9.76. The van der Waals surface area contributed by atoms with E-state index < -0.39 is 0 Å². The van der Waals surface area contributed by atoms with Crippen molar-refractivity contribution in [1.29, 1.82) is 0 Å². The third-order valence-electron chi connectivity index (χ3n) is 3.57. The van der Waals surface area contributed by atoms with E-state index >= 15 is 0 Å². The van der Waals surface area contributed by atoms with Gasteiger partial charge in [-0.25, -0.2) is 0 Å². The van der Waals surface area contributed by atoms with Gasteiger partial charge in [0.1, 0.15) is 6.29 Å². The molecule has 0 bridgehead atoms. The van der Waals surface area contributed by atoms with Gasteiger partial charge in [0.25, 0.3) is 0 Å². The molecule has 0 spiro atoms. The van der Waals surface area contributed by atoms with Crippen LogP contribution < -0.4 is 0 Å². The highest BCUT2D eigenvalue weighted by Crippen LogP contribution is 2.27. The summed E-state index contributed by atoms with van der Waals surface area (Å²) in [4.78, 5) is 22.1. The largest absolute Gasteiger partial charge is 0.313 e. The number of nitrogens with zero attached hydrogens (tertiary/aromatic N) is 1. The summed E-state index contributed by atoms with van der Waals surface area (Å²) >= 11 is 0. The number of aromatic nitrogens is 1. The Bertz CT molecular complexity index is 798. The van der Waals surface area contributed by atoms with Crippen LogP contribution in [-0.2, 0) is 0 Å². The SMILES string of the molecule is Cc1c(C=O)c2ccccc2n1-c1ccc(C=O)cc1. The molecule has 0 amide bonds. The molecule has 1 heterocycles. The molecule has 3 heteroatoms. The standard InChI is InChI=1S/C17H13NO2/c1-12-16(11-20)15-4-2-3-5-17(15)18(12)14-8-6-13(10-19)7-9-14/h2-11H,1H3. The van der Waals surface area contributed by atoms with Crippen LogP contribution in [0.4, 0.5) is 0 Å². The van der Waals surface area contributed by atoms with Crippen LogP contribution in [0.1, 0.15) is 26.4 Å². The Labute approximate surface area is 116 Å². The Morgan fingerprint density at radius 1 is 0.900 bits per heavy atom. The van der Waals surface area contributed by atoms with Crippen LogP contribution in [0, 0.1) is 6.92 Å². The zero-order valence-electron chi connectivity index (χ0n) is 11.0. The Balaban J connectivity index is 2.32. The van der Waals surface area contributed by atoms with Crippen molar-refractivity contribution in [2.45, 2.75) is 6.92 Å². The van der Waals surface area contributed by atoms with Gasteiger partial charge < -0.3 is 4.57 Å². The number of hydrogen-bond donors (Lipinski definition) is 0. The highest BCUT2D eigenvalue weighted by Gasteiger charge is 2.13. The van der Waals surface area contributed by atoms with Crippen LogP contribution in [0.3, 0.4) is 0 Å². The maximum absolute atomic E-state index is 11.3. The van der Waals surface area contributed by atoms with Crippen molar-refractivity contribution >= 4 is 23.5 Å². The smallest absolute Gasteiger partial charge is 0.152 e. The van der Waals surface area contributed by atoms with Gasteiger partial charge in [-0.05, 0) is 37.3 Å². The van der Waals surface area contributed by atoms with Gasteiger partial charge in [-0.15, -0.1) is 0 Å². The summed E-state index contributed by atoms with van der Waals surface area (Å²) in [5, 5.41) is 0.944. The fraction of sp³-hybridized carbons (Fsp3) is 0.0588. The van der Waals surface area contributed by atoms with Crippen molar-refractivity contribution in [3.8, 4) is 5.69 Å². The second kappa shape index (κ2) is 4.78. The summed E-state index contributed by atoms with van der Waals surface area (Å²) in [6.45, 7) is 1.93. The third-order valence-corrected chi connectivity index (χ3v) is 3.57. The zero-order chi connectivity index (χ0) is 14.1. The molecule has 0 atom stereocenters. The fourth-order valence-corrected chi connectivity index (χ4v) is 2.58. The minimum atomic E-state index is 0.637. The van der Waals surface area contributed by atoms with Gasteiger partial charge in [0.05, 0.1) is 5.52 Å². The molecule has 0 saturated carbocycles. The highest BCUT2D eigenvalue weighted by atomic mass is 16.1. The average Bonchev–Trinajstić information content (AvgIpc) is 2.79. The Kier molecular flexibility index (Phi) is 2.95. The first-order valence-electron chi connectivity index (χ1n) is 6.37. The third kappa shape index (κ3) is 1.75. The molecule has 0 N–H and O–H groups in total. The molecule has 98 valence electrons. The normalized spacial score (nSPS) is 10.7. The molecule has 0 radical (unpaired) electrons. The summed E-state index contributed by atoms with van der Waals surface area (Å²) in [5.74, 6) is 0. The molecular weight excluding hydrogens is 250 g/mol. The molecule has 0 fully saturated rings. The maximum atomic E-state index is 11.3. The summed E-state index contributed by atoms with van der Waals surface area (Å²) in [5.41, 5.74) is 4.18. The van der Waals surface area contributed by atoms with Crippen molar-refractivity contribution in [1.82, 2.24) is 4.57 Å². The van der Waals surface area contributed by atoms with E-state index in [2.05, 4.69) is 0 Å². The number of carbonyl (C=O) groups excluding carboxylic acids is 2. The van der Waals surface area contributed by atoms with Crippen LogP contribution in [-0.4, -0.2) is 17.1 Å². The summed E-state index contributed by atoms with van der Waals surface area (Å²) in [7, 11) is 0. The predicted octanol–water partition coefficient (Wildman–Crippen LogP) is 3.56. The summed E-state index contributed by atoms with van der Waals surface area (Å²) in [6, 6.07) is 15.1. The molecule has 3 aromatic rings. The number of rotatable bonds is 3. The van der Waals surface area contributed by atoms with E-state index in [0.29, 0.717) is 11.1 Å². The van der Waals surface area contributed by atoms with Gasteiger partial charge in [-0.2, -0.15) is 0 Å². The Morgan fingerprint density at radius 2 is 1.60 bits per heavy atom. The van der Waals surface area contributed by atoms with Crippen LogP contribution in [0.2, 0.25) is 0 Å².